The van der Waals surface area contributed by atoms with Crippen molar-refractivity contribution in [2.45, 2.75) is 45.4 Å². The van der Waals surface area contributed by atoms with Crippen LogP contribution in [-0.4, -0.2) is 29.8 Å². The van der Waals surface area contributed by atoms with Gasteiger partial charge < -0.3 is 4.90 Å². The van der Waals surface area contributed by atoms with E-state index in [2.05, 4.69) is 6.92 Å². The summed E-state index contributed by atoms with van der Waals surface area (Å²) in [6.45, 7) is 3.61. The normalized spacial score (nSPS) is 41.1. The summed E-state index contributed by atoms with van der Waals surface area (Å²) in [6.07, 6.45) is 7.68. The summed E-state index contributed by atoms with van der Waals surface area (Å²) in [4.78, 5) is 14.9. The first-order chi connectivity index (χ1) is 8.66. The fourth-order valence-electron chi connectivity index (χ4n) is 5.21. The molecule has 1 amide bonds. The second-order valence-electron chi connectivity index (χ2n) is 6.77. The third-order valence-electron chi connectivity index (χ3n) is 5.52. The molecule has 18 heavy (non-hydrogen) atoms. The molecule has 4 fully saturated rings. The molecule has 3 heteroatoms. The number of hydrogen-bond donors (Lipinski definition) is 0. The van der Waals surface area contributed by atoms with Gasteiger partial charge in [-0.15, -0.1) is 11.6 Å². The molecule has 0 heterocycles. The van der Waals surface area contributed by atoms with Gasteiger partial charge in [-0.3, -0.25) is 4.79 Å². The molecule has 0 saturated heterocycles. The fraction of sp³-hybridized carbons (Fsp3) is 0.933. The van der Waals surface area contributed by atoms with Crippen LogP contribution >= 0.6 is 11.6 Å². The van der Waals surface area contributed by atoms with Gasteiger partial charge in [-0.05, 0) is 63.2 Å². The summed E-state index contributed by atoms with van der Waals surface area (Å²) in [5.41, 5.74) is 0.0107. The van der Waals surface area contributed by atoms with Gasteiger partial charge in [-0.2, -0.15) is 0 Å². The highest BCUT2D eigenvalue weighted by molar-refractivity contribution is 6.18. The molecule has 102 valence electrons. The fourth-order valence-corrected chi connectivity index (χ4v) is 5.42. The highest BCUT2D eigenvalue weighted by Crippen LogP contribution is 2.60. The standard InChI is InChI=1S/C15H24ClNO/c1-2-17(4-3-16)14(18)15-8-11-5-12(9-15)7-13(6-11)10-15/h11-13H,2-10H2,1H3. The Morgan fingerprint density at radius 1 is 1.17 bits per heavy atom. The Bertz CT molecular complexity index is 306. The smallest absolute Gasteiger partial charge is 0.228 e. The van der Waals surface area contributed by atoms with E-state index < -0.39 is 0 Å². The molecule has 4 aliphatic rings. The summed E-state index contributed by atoms with van der Waals surface area (Å²) in [5.74, 6) is 3.51. The van der Waals surface area contributed by atoms with E-state index in [4.69, 9.17) is 11.6 Å². The van der Waals surface area contributed by atoms with Gasteiger partial charge >= 0.3 is 0 Å². The molecule has 0 aliphatic heterocycles. The van der Waals surface area contributed by atoms with Crippen molar-refractivity contribution in [2.24, 2.45) is 23.2 Å². The highest BCUT2D eigenvalue weighted by atomic mass is 35.5. The van der Waals surface area contributed by atoms with E-state index in [0.29, 0.717) is 11.8 Å². The van der Waals surface area contributed by atoms with E-state index in [1.165, 1.54) is 19.3 Å². The van der Waals surface area contributed by atoms with Crippen LogP contribution in [0.5, 0.6) is 0 Å². The van der Waals surface area contributed by atoms with Crippen LogP contribution in [0.3, 0.4) is 0 Å². The Labute approximate surface area is 115 Å². The van der Waals surface area contributed by atoms with Crippen LogP contribution in [0.25, 0.3) is 0 Å². The first-order valence-corrected chi connectivity index (χ1v) is 8.05. The van der Waals surface area contributed by atoms with E-state index in [-0.39, 0.29) is 5.41 Å². The predicted molar refractivity (Wildman–Crippen MR) is 73.6 cm³/mol. The van der Waals surface area contributed by atoms with E-state index in [1.807, 2.05) is 4.90 Å². The average molecular weight is 270 g/mol. The maximum atomic E-state index is 12.9. The molecule has 4 bridgehead atoms. The van der Waals surface area contributed by atoms with E-state index in [0.717, 1.165) is 50.1 Å². The summed E-state index contributed by atoms with van der Waals surface area (Å²) < 4.78 is 0. The minimum atomic E-state index is 0.0107. The van der Waals surface area contributed by atoms with Crippen molar-refractivity contribution in [1.82, 2.24) is 4.90 Å². The van der Waals surface area contributed by atoms with Crippen LogP contribution in [0.15, 0.2) is 0 Å². The number of rotatable bonds is 4. The number of carbonyl (C=O) groups is 1. The third-order valence-corrected chi connectivity index (χ3v) is 5.68. The maximum absolute atomic E-state index is 12.9. The molecule has 4 saturated carbocycles. The molecular formula is C15H24ClNO. The van der Waals surface area contributed by atoms with Crippen molar-refractivity contribution in [3.05, 3.63) is 0 Å². The molecule has 0 aromatic heterocycles. The van der Waals surface area contributed by atoms with Crippen LogP contribution in [0.4, 0.5) is 0 Å². The number of hydrogen-bond acceptors (Lipinski definition) is 1. The number of alkyl halides is 1. The number of nitrogens with zero attached hydrogens (tertiary/aromatic N) is 1. The lowest BCUT2D eigenvalue weighted by Gasteiger charge is -2.56. The Morgan fingerprint density at radius 2 is 1.67 bits per heavy atom. The predicted octanol–water partition coefficient (Wildman–Crippen LogP) is 3.29. The molecule has 0 aromatic carbocycles. The van der Waals surface area contributed by atoms with Gasteiger partial charge in [0.15, 0.2) is 0 Å². The minimum Gasteiger partial charge on any atom is -0.341 e. The van der Waals surface area contributed by atoms with Gasteiger partial charge in [0, 0.05) is 19.0 Å². The zero-order valence-electron chi connectivity index (χ0n) is 11.3. The van der Waals surface area contributed by atoms with Crippen molar-refractivity contribution in [1.29, 1.82) is 0 Å². The van der Waals surface area contributed by atoms with E-state index >= 15 is 0 Å². The van der Waals surface area contributed by atoms with Crippen LogP contribution in [0.1, 0.15) is 45.4 Å². The van der Waals surface area contributed by atoms with Gasteiger partial charge in [0.1, 0.15) is 0 Å². The zero-order chi connectivity index (χ0) is 12.8. The van der Waals surface area contributed by atoms with Crippen molar-refractivity contribution >= 4 is 17.5 Å². The van der Waals surface area contributed by atoms with Crippen molar-refractivity contribution < 1.29 is 4.79 Å². The van der Waals surface area contributed by atoms with Crippen molar-refractivity contribution in [3.63, 3.8) is 0 Å². The average Bonchev–Trinajstić information content (AvgIpc) is 2.33. The second-order valence-corrected chi connectivity index (χ2v) is 7.15. The van der Waals surface area contributed by atoms with Crippen molar-refractivity contribution in [2.75, 3.05) is 19.0 Å². The van der Waals surface area contributed by atoms with Gasteiger partial charge in [0.05, 0.1) is 5.41 Å². The third kappa shape index (κ3) is 1.97. The molecule has 0 spiro atoms. The van der Waals surface area contributed by atoms with Crippen molar-refractivity contribution in [3.8, 4) is 0 Å². The number of carbonyl (C=O) groups excluding carboxylic acids is 1. The lowest BCUT2D eigenvalue weighted by Crippen LogP contribution is -2.54. The molecule has 4 aliphatic carbocycles. The molecule has 0 N–H and O–H groups in total. The quantitative estimate of drug-likeness (QED) is 0.717. The Morgan fingerprint density at radius 3 is 2.06 bits per heavy atom. The minimum absolute atomic E-state index is 0.0107. The SMILES string of the molecule is CCN(CCCl)C(=O)C12CC3CC(CC(C3)C1)C2. The molecule has 4 rings (SSSR count). The monoisotopic (exact) mass is 269 g/mol. The summed E-state index contributed by atoms with van der Waals surface area (Å²) in [5, 5.41) is 0. The second kappa shape index (κ2) is 4.70. The molecule has 2 nitrogen and oxygen atoms in total. The lowest BCUT2D eigenvalue weighted by atomic mass is 9.49. The molecular weight excluding hydrogens is 246 g/mol. The van der Waals surface area contributed by atoms with Gasteiger partial charge in [-0.1, -0.05) is 0 Å². The Kier molecular flexibility index (Phi) is 3.34. The number of amides is 1. The van der Waals surface area contributed by atoms with Gasteiger partial charge in [0.25, 0.3) is 0 Å². The zero-order valence-corrected chi connectivity index (χ0v) is 12.1. The van der Waals surface area contributed by atoms with Crippen LogP contribution in [0.2, 0.25) is 0 Å². The number of halogens is 1. The first-order valence-electron chi connectivity index (χ1n) is 7.52. The molecule has 0 unspecified atom stereocenters. The first kappa shape index (κ1) is 12.8. The Hall–Kier alpha value is -0.240. The van der Waals surface area contributed by atoms with E-state index in [9.17, 15) is 4.79 Å². The lowest BCUT2D eigenvalue weighted by molar-refractivity contribution is -0.157. The largest absolute Gasteiger partial charge is 0.341 e. The maximum Gasteiger partial charge on any atom is 0.228 e. The van der Waals surface area contributed by atoms with Crippen LogP contribution in [-0.2, 0) is 4.79 Å². The molecule has 0 atom stereocenters. The van der Waals surface area contributed by atoms with Gasteiger partial charge in [-0.25, -0.2) is 0 Å². The summed E-state index contributed by atoms with van der Waals surface area (Å²) >= 11 is 5.83. The molecule has 0 aromatic rings. The Balaban J connectivity index is 1.80. The summed E-state index contributed by atoms with van der Waals surface area (Å²) in [6, 6.07) is 0. The molecule has 0 radical (unpaired) electrons. The van der Waals surface area contributed by atoms with E-state index in [1.54, 1.807) is 0 Å². The van der Waals surface area contributed by atoms with Gasteiger partial charge in [0.2, 0.25) is 5.91 Å². The van der Waals surface area contributed by atoms with Crippen LogP contribution in [0, 0.1) is 23.2 Å². The summed E-state index contributed by atoms with van der Waals surface area (Å²) in [7, 11) is 0. The highest BCUT2D eigenvalue weighted by Gasteiger charge is 2.55. The topological polar surface area (TPSA) is 20.3 Å². The van der Waals surface area contributed by atoms with Crippen LogP contribution < -0.4 is 0 Å².